The Kier molecular flexibility index (Phi) is 3.93. The molecule has 3 nitrogen and oxygen atoms in total. The van der Waals surface area contributed by atoms with Crippen LogP contribution in [-0.2, 0) is 0 Å². The van der Waals surface area contributed by atoms with Crippen molar-refractivity contribution in [3.63, 3.8) is 0 Å². The summed E-state index contributed by atoms with van der Waals surface area (Å²) in [4.78, 5) is 4.26. The van der Waals surface area contributed by atoms with E-state index in [2.05, 4.69) is 4.98 Å². The molecule has 0 saturated carbocycles. The number of nitrogens with zero attached hydrogens (tertiary/aromatic N) is 1. The Morgan fingerprint density at radius 3 is 2.83 bits per heavy atom. The van der Waals surface area contributed by atoms with E-state index in [1.54, 1.807) is 24.4 Å². The molecule has 2 aromatic rings. The monoisotopic (exact) mass is 267 g/mol. The number of aliphatic hydroxyl groups excluding tert-OH is 1. The predicted octanol–water partition coefficient (Wildman–Crippen LogP) is 3.40. The molecular weight excluding hydrogens is 253 g/mol. The highest BCUT2D eigenvalue weighted by molar-refractivity contribution is 7.10. The molecule has 0 bridgehead atoms. The van der Waals surface area contributed by atoms with Gasteiger partial charge in [-0.15, -0.1) is 11.3 Å². The maximum Gasteiger partial charge on any atom is 0.165 e. The Labute approximate surface area is 109 Å². The van der Waals surface area contributed by atoms with E-state index in [1.807, 2.05) is 6.92 Å². The smallest absolute Gasteiger partial charge is 0.165 e. The standard InChI is InChI=1S/C13H14FNO2S/c1-3-17-12-5-4-9(6-10(12)14)11-7-18-13(15-11)8(2)16/h4-8,16H,3H2,1-2H3. The molecule has 0 amide bonds. The molecule has 2 rings (SSSR count). The molecule has 5 heteroatoms. The molecule has 0 fully saturated rings. The van der Waals surface area contributed by atoms with E-state index >= 15 is 0 Å². The molecule has 1 atom stereocenters. The zero-order valence-electron chi connectivity index (χ0n) is 10.2. The minimum Gasteiger partial charge on any atom is -0.491 e. The number of hydrogen-bond acceptors (Lipinski definition) is 4. The van der Waals surface area contributed by atoms with E-state index in [4.69, 9.17) is 4.74 Å². The second-order valence-electron chi connectivity index (χ2n) is 3.83. The van der Waals surface area contributed by atoms with Gasteiger partial charge in [-0.3, -0.25) is 0 Å². The van der Waals surface area contributed by atoms with E-state index < -0.39 is 11.9 Å². The van der Waals surface area contributed by atoms with Gasteiger partial charge in [0.15, 0.2) is 11.6 Å². The third-order valence-corrected chi connectivity index (χ3v) is 3.42. The number of hydrogen-bond donors (Lipinski definition) is 1. The predicted molar refractivity (Wildman–Crippen MR) is 69.3 cm³/mol. The Bertz CT molecular complexity index is 540. The minimum atomic E-state index is -0.601. The summed E-state index contributed by atoms with van der Waals surface area (Å²) in [6.45, 7) is 3.89. The number of aliphatic hydroxyl groups is 1. The van der Waals surface area contributed by atoms with Gasteiger partial charge < -0.3 is 9.84 Å². The summed E-state index contributed by atoms with van der Waals surface area (Å²) in [6.07, 6.45) is -0.601. The van der Waals surface area contributed by atoms with E-state index in [0.717, 1.165) is 0 Å². The van der Waals surface area contributed by atoms with Crippen molar-refractivity contribution in [2.45, 2.75) is 20.0 Å². The fourth-order valence-corrected chi connectivity index (χ4v) is 2.31. The van der Waals surface area contributed by atoms with Crippen LogP contribution in [0.2, 0.25) is 0 Å². The van der Waals surface area contributed by atoms with Gasteiger partial charge in [-0.2, -0.15) is 0 Å². The average Bonchev–Trinajstić information content (AvgIpc) is 2.81. The Morgan fingerprint density at radius 1 is 1.50 bits per heavy atom. The van der Waals surface area contributed by atoms with Gasteiger partial charge in [-0.05, 0) is 32.0 Å². The Morgan fingerprint density at radius 2 is 2.28 bits per heavy atom. The number of benzene rings is 1. The number of thiazole rings is 1. The molecule has 96 valence electrons. The highest BCUT2D eigenvalue weighted by atomic mass is 32.1. The number of aromatic nitrogens is 1. The number of ether oxygens (including phenoxy) is 1. The van der Waals surface area contributed by atoms with Crippen molar-refractivity contribution < 1.29 is 14.2 Å². The molecule has 1 aromatic carbocycles. The van der Waals surface area contributed by atoms with Crippen LogP contribution in [0.25, 0.3) is 11.3 Å². The molecule has 0 saturated heterocycles. The maximum atomic E-state index is 13.7. The molecule has 1 N–H and O–H groups in total. The molecule has 0 radical (unpaired) electrons. The summed E-state index contributed by atoms with van der Waals surface area (Å²) in [6, 6.07) is 4.75. The van der Waals surface area contributed by atoms with E-state index in [0.29, 0.717) is 22.9 Å². The van der Waals surface area contributed by atoms with Crippen molar-refractivity contribution in [1.29, 1.82) is 0 Å². The lowest BCUT2D eigenvalue weighted by Crippen LogP contribution is -1.95. The van der Waals surface area contributed by atoms with Crippen molar-refractivity contribution >= 4 is 11.3 Å². The van der Waals surface area contributed by atoms with Crippen LogP contribution in [-0.4, -0.2) is 16.7 Å². The van der Waals surface area contributed by atoms with Crippen LogP contribution in [0, 0.1) is 5.82 Å². The summed E-state index contributed by atoms with van der Waals surface area (Å²) in [7, 11) is 0. The normalized spacial score (nSPS) is 12.4. The van der Waals surface area contributed by atoms with E-state index in [-0.39, 0.29) is 5.75 Å². The Hall–Kier alpha value is -1.46. The third-order valence-electron chi connectivity index (χ3n) is 2.41. The summed E-state index contributed by atoms with van der Waals surface area (Å²) in [5.74, 6) is -0.159. The molecule has 0 aliphatic heterocycles. The second-order valence-corrected chi connectivity index (χ2v) is 4.71. The van der Waals surface area contributed by atoms with Crippen molar-refractivity contribution in [2.75, 3.05) is 6.61 Å². The van der Waals surface area contributed by atoms with E-state index in [1.165, 1.54) is 17.4 Å². The molecule has 18 heavy (non-hydrogen) atoms. The molecule has 0 aliphatic rings. The topological polar surface area (TPSA) is 42.4 Å². The van der Waals surface area contributed by atoms with Gasteiger partial charge in [0.25, 0.3) is 0 Å². The van der Waals surface area contributed by atoms with E-state index in [9.17, 15) is 9.50 Å². The first kappa shape index (κ1) is 13.0. The number of rotatable bonds is 4. The zero-order chi connectivity index (χ0) is 13.1. The van der Waals surface area contributed by atoms with Crippen LogP contribution in [0.1, 0.15) is 25.0 Å². The first-order chi connectivity index (χ1) is 8.61. The van der Waals surface area contributed by atoms with Crippen LogP contribution in [0.3, 0.4) is 0 Å². The molecular formula is C13H14FNO2S. The summed E-state index contributed by atoms with van der Waals surface area (Å²) < 4.78 is 18.8. The van der Waals surface area contributed by atoms with Crippen molar-refractivity contribution in [2.24, 2.45) is 0 Å². The van der Waals surface area contributed by atoms with Crippen molar-refractivity contribution in [3.8, 4) is 17.0 Å². The lowest BCUT2D eigenvalue weighted by Gasteiger charge is -2.05. The molecule has 0 aliphatic carbocycles. The van der Waals surface area contributed by atoms with Crippen LogP contribution < -0.4 is 4.74 Å². The van der Waals surface area contributed by atoms with Gasteiger partial charge in [0.1, 0.15) is 11.1 Å². The van der Waals surface area contributed by atoms with Crippen LogP contribution >= 0.6 is 11.3 Å². The summed E-state index contributed by atoms with van der Waals surface area (Å²) >= 11 is 1.36. The Balaban J connectivity index is 2.30. The lowest BCUT2D eigenvalue weighted by atomic mass is 10.1. The molecule has 0 spiro atoms. The van der Waals surface area contributed by atoms with Crippen LogP contribution in [0.15, 0.2) is 23.6 Å². The van der Waals surface area contributed by atoms with Crippen LogP contribution in [0.4, 0.5) is 4.39 Å². The van der Waals surface area contributed by atoms with Gasteiger partial charge in [-0.25, -0.2) is 9.37 Å². The second kappa shape index (κ2) is 5.46. The van der Waals surface area contributed by atoms with Crippen LogP contribution in [0.5, 0.6) is 5.75 Å². The third kappa shape index (κ3) is 2.68. The molecule has 1 aromatic heterocycles. The molecule has 1 unspecified atom stereocenters. The fourth-order valence-electron chi connectivity index (χ4n) is 1.54. The SMILES string of the molecule is CCOc1ccc(-c2csc(C(C)O)n2)cc1F. The number of halogens is 1. The van der Waals surface area contributed by atoms with Gasteiger partial charge >= 0.3 is 0 Å². The molecule has 1 heterocycles. The summed E-state index contributed by atoms with van der Waals surface area (Å²) in [5, 5.41) is 11.8. The van der Waals surface area contributed by atoms with Crippen molar-refractivity contribution in [1.82, 2.24) is 4.98 Å². The van der Waals surface area contributed by atoms with Gasteiger partial charge in [0.05, 0.1) is 12.3 Å². The van der Waals surface area contributed by atoms with Crippen molar-refractivity contribution in [3.05, 3.63) is 34.4 Å². The highest BCUT2D eigenvalue weighted by Crippen LogP contribution is 2.28. The zero-order valence-corrected chi connectivity index (χ0v) is 11.0. The van der Waals surface area contributed by atoms with Gasteiger partial charge in [0, 0.05) is 10.9 Å². The fraction of sp³-hybridized carbons (Fsp3) is 0.308. The lowest BCUT2D eigenvalue weighted by molar-refractivity contribution is 0.199. The largest absolute Gasteiger partial charge is 0.491 e. The minimum absolute atomic E-state index is 0.243. The van der Waals surface area contributed by atoms with Gasteiger partial charge in [-0.1, -0.05) is 0 Å². The summed E-state index contributed by atoms with van der Waals surface area (Å²) in [5.41, 5.74) is 1.34. The first-order valence-corrected chi connectivity index (χ1v) is 6.56. The maximum absolute atomic E-state index is 13.7. The average molecular weight is 267 g/mol. The highest BCUT2D eigenvalue weighted by Gasteiger charge is 2.11. The van der Waals surface area contributed by atoms with Gasteiger partial charge in [0.2, 0.25) is 0 Å². The first-order valence-electron chi connectivity index (χ1n) is 5.68. The quantitative estimate of drug-likeness (QED) is 0.923.